The molecule has 3 aromatic rings. The number of hydrogen-bond donors (Lipinski definition) is 4. The Morgan fingerprint density at radius 1 is 1.10 bits per heavy atom. The van der Waals surface area contributed by atoms with Crippen molar-refractivity contribution in [2.24, 2.45) is 11.7 Å². The largest absolute Gasteiger partial charge is 0.388 e. The first-order valence-electron chi connectivity index (χ1n) is 13.5. The fraction of sp³-hybridized carbons (Fsp3) is 0.429. The average molecular weight is 599 g/mol. The Morgan fingerprint density at radius 2 is 1.74 bits per heavy atom. The lowest BCUT2D eigenvalue weighted by Gasteiger charge is -2.18. The Bertz CT molecular complexity index is 1500. The lowest BCUT2D eigenvalue weighted by atomic mass is 10.00. The van der Waals surface area contributed by atoms with E-state index >= 15 is 0 Å². The molecule has 2 aromatic carbocycles. The standard InChI is InChI=1S/C28H34N6O7S/c1-3-18(2)24(29)28(37)32-42(38,39)40-17-23-26(36)25(35)22(41-23)15-16-34-31-27(30-33-34)21-13-11-20(12-14-21)10-9-19-7-5-4-6-8-19/h4-8,11-14,18,22-26,35-36H,3,15-17,29H2,1-2H3,(H,32,37)/t18-,22-,23+,24-,25-,26+/m0/s1. The number of carbonyl (C=O) groups excluding carboxylic acids is 1. The first kappa shape index (κ1) is 31.2. The van der Waals surface area contributed by atoms with E-state index in [-0.39, 0.29) is 18.9 Å². The van der Waals surface area contributed by atoms with Gasteiger partial charge < -0.3 is 20.7 Å². The molecule has 5 N–H and O–H groups in total. The molecule has 14 heteroatoms. The van der Waals surface area contributed by atoms with Crippen LogP contribution in [0.25, 0.3) is 11.4 Å². The normalized spacial score (nSPS) is 21.7. The third-order valence-corrected chi connectivity index (χ3v) is 7.87. The molecular formula is C28H34N6O7S. The molecule has 0 unspecified atom stereocenters. The summed E-state index contributed by atoms with van der Waals surface area (Å²) in [6.45, 7) is 3.13. The van der Waals surface area contributed by atoms with Crippen molar-refractivity contribution in [2.75, 3.05) is 6.61 Å². The molecule has 13 nitrogen and oxygen atoms in total. The minimum Gasteiger partial charge on any atom is -0.388 e. The van der Waals surface area contributed by atoms with E-state index < -0.39 is 53.3 Å². The van der Waals surface area contributed by atoms with E-state index in [1.165, 1.54) is 4.80 Å². The fourth-order valence-corrected chi connectivity index (χ4v) is 4.91. The van der Waals surface area contributed by atoms with E-state index in [4.69, 9.17) is 14.7 Å². The number of aliphatic hydroxyl groups is 2. The van der Waals surface area contributed by atoms with Crippen molar-refractivity contribution in [1.29, 1.82) is 0 Å². The minimum atomic E-state index is -4.50. The molecule has 4 rings (SSSR count). The number of carbonyl (C=O) groups is 1. The van der Waals surface area contributed by atoms with Gasteiger partial charge >= 0.3 is 10.3 Å². The third kappa shape index (κ3) is 8.19. The van der Waals surface area contributed by atoms with Crippen molar-refractivity contribution in [2.45, 2.75) is 63.7 Å². The maximum atomic E-state index is 12.2. The van der Waals surface area contributed by atoms with Gasteiger partial charge in [-0.2, -0.15) is 13.2 Å². The van der Waals surface area contributed by atoms with Gasteiger partial charge in [-0.1, -0.05) is 50.3 Å². The summed E-state index contributed by atoms with van der Waals surface area (Å²) in [5.74, 6) is 5.47. The van der Waals surface area contributed by atoms with Crippen molar-refractivity contribution in [1.82, 2.24) is 24.9 Å². The van der Waals surface area contributed by atoms with Gasteiger partial charge in [0, 0.05) is 16.7 Å². The van der Waals surface area contributed by atoms with Gasteiger partial charge in [-0.15, -0.1) is 10.2 Å². The van der Waals surface area contributed by atoms with Gasteiger partial charge in [-0.25, -0.2) is 4.72 Å². The van der Waals surface area contributed by atoms with E-state index in [0.29, 0.717) is 12.2 Å². The summed E-state index contributed by atoms with van der Waals surface area (Å²) < 4.78 is 36.6. The molecule has 1 fully saturated rings. The lowest BCUT2D eigenvalue weighted by molar-refractivity contribution is -0.121. The summed E-state index contributed by atoms with van der Waals surface area (Å²) in [7, 11) is -4.50. The van der Waals surface area contributed by atoms with Crippen LogP contribution in [0.3, 0.4) is 0 Å². The van der Waals surface area contributed by atoms with Crippen LogP contribution in [0, 0.1) is 17.8 Å². The Kier molecular flexibility index (Phi) is 10.4. The molecule has 0 aliphatic carbocycles. The van der Waals surface area contributed by atoms with Gasteiger partial charge in [-0.3, -0.25) is 8.98 Å². The molecule has 0 saturated carbocycles. The number of tetrazole rings is 1. The van der Waals surface area contributed by atoms with Crippen LogP contribution in [-0.4, -0.2) is 81.8 Å². The molecule has 224 valence electrons. The molecule has 1 aliphatic rings. The van der Waals surface area contributed by atoms with Gasteiger partial charge in [0.2, 0.25) is 5.82 Å². The Labute approximate surface area is 244 Å². The predicted molar refractivity (Wildman–Crippen MR) is 151 cm³/mol. The zero-order valence-corrected chi connectivity index (χ0v) is 24.0. The molecule has 1 aliphatic heterocycles. The van der Waals surface area contributed by atoms with Crippen molar-refractivity contribution in [3.8, 4) is 23.2 Å². The quantitative estimate of drug-likeness (QED) is 0.223. The molecule has 42 heavy (non-hydrogen) atoms. The summed E-state index contributed by atoms with van der Waals surface area (Å²) in [5, 5.41) is 33.3. The third-order valence-electron chi connectivity index (χ3n) is 6.97. The molecule has 1 saturated heterocycles. The average Bonchev–Trinajstić information content (AvgIpc) is 3.58. The van der Waals surface area contributed by atoms with E-state index in [1.807, 2.05) is 61.5 Å². The van der Waals surface area contributed by atoms with E-state index in [0.717, 1.165) is 16.7 Å². The monoisotopic (exact) mass is 598 g/mol. The summed E-state index contributed by atoms with van der Waals surface area (Å²) in [5.41, 5.74) is 8.26. The van der Waals surface area contributed by atoms with E-state index in [1.54, 1.807) is 11.6 Å². The number of ether oxygens (including phenoxy) is 1. The van der Waals surface area contributed by atoms with E-state index in [2.05, 4.69) is 27.3 Å². The number of nitrogens with two attached hydrogens (primary N) is 1. The molecular weight excluding hydrogens is 564 g/mol. The highest BCUT2D eigenvalue weighted by Crippen LogP contribution is 2.25. The zero-order valence-electron chi connectivity index (χ0n) is 23.2. The van der Waals surface area contributed by atoms with Crippen molar-refractivity contribution < 1.29 is 32.3 Å². The summed E-state index contributed by atoms with van der Waals surface area (Å²) in [4.78, 5) is 13.4. The number of nitrogens with zero attached hydrogens (tertiary/aromatic N) is 4. The fourth-order valence-electron chi connectivity index (χ4n) is 4.16. The highest BCUT2D eigenvalue weighted by molar-refractivity contribution is 7.85. The minimum absolute atomic E-state index is 0.200. The van der Waals surface area contributed by atoms with Crippen LogP contribution in [0.4, 0.5) is 0 Å². The maximum Gasteiger partial charge on any atom is 0.362 e. The van der Waals surface area contributed by atoms with Gasteiger partial charge in [0.1, 0.15) is 18.3 Å². The molecule has 2 heterocycles. The summed E-state index contributed by atoms with van der Waals surface area (Å²) in [6.07, 6.45) is -3.93. The van der Waals surface area contributed by atoms with Gasteiger partial charge in [-0.05, 0) is 54.0 Å². The zero-order chi connectivity index (χ0) is 30.3. The van der Waals surface area contributed by atoms with Gasteiger partial charge in [0.05, 0.1) is 25.3 Å². The van der Waals surface area contributed by atoms with Gasteiger partial charge in [0.25, 0.3) is 5.91 Å². The Balaban J connectivity index is 1.27. The number of aryl methyl sites for hydroxylation is 1. The van der Waals surface area contributed by atoms with Crippen LogP contribution in [0.5, 0.6) is 0 Å². The van der Waals surface area contributed by atoms with Crippen LogP contribution in [0.15, 0.2) is 54.6 Å². The highest BCUT2D eigenvalue weighted by Gasteiger charge is 2.43. The Hall–Kier alpha value is -3.71. The second kappa shape index (κ2) is 14.0. The molecule has 0 bridgehead atoms. The second-order valence-corrected chi connectivity index (χ2v) is 11.3. The van der Waals surface area contributed by atoms with Crippen molar-refractivity contribution in [3.05, 3.63) is 65.7 Å². The molecule has 0 spiro atoms. The number of aromatic nitrogens is 4. The first-order chi connectivity index (χ1) is 20.1. The number of amides is 1. The molecule has 6 atom stereocenters. The molecule has 0 radical (unpaired) electrons. The topological polar surface area (TPSA) is 192 Å². The van der Waals surface area contributed by atoms with Crippen molar-refractivity contribution in [3.63, 3.8) is 0 Å². The highest BCUT2D eigenvalue weighted by atomic mass is 32.2. The summed E-state index contributed by atoms with van der Waals surface area (Å²) >= 11 is 0. The number of aliphatic hydroxyl groups excluding tert-OH is 2. The lowest BCUT2D eigenvalue weighted by Crippen LogP contribution is -2.47. The van der Waals surface area contributed by atoms with Crippen LogP contribution in [-0.2, 0) is 30.6 Å². The molecule has 1 amide bonds. The SMILES string of the molecule is CC[C@H](C)[C@H](N)C(=O)NS(=O)(=O)OC[C@H]1O[C@@H](CCn2nnc(-c3ccc(C#Cc4ccccc4)cc3)n2)[C@H](O)[C@@H]1O. The van der Waals surface area contributed by atoms with Crippen LogP contribution in [0.1, 0.15) is 37.8 Å². The second-order valence-electron chi connectivity index (χ2n) is 10.0. The number of rotatable bonds is 11. The number of hydrogen-bond acceptors (Lipinski definition) is 11. The summed E-state index contributed by atoms with van der Waals surface area (Å²) in [6, 6.07) is 16.1. The number of benzene rings is 2. The van der Waals surface area contributed by atoms with Crippen molar-refractivity contribution >= 4 is 16.2 Å². The molecule has 1 aromatic heterocycles. The van der Waals surface area contributed by atoms with Crippen LogP contribution in [0.2, 0.25) is 0 Å². The van der Waals surface area contributed by atoms with E-state index in [9.17, 15) is 23.4 Å². The van der Waals surface area contributed by atoms with Crippen LogP contribution >= 0.6 is 0 Å². The smallest absolute Gasteiger partial charge is 0.362 e. The van der Waals surface area contributed by atoms with Crippen LogP contribution < -0.4 is 10.5 Å². The predicted octanol–water partition coefficient (Wildman–Crippen LogP) is 0.370. The van der Waals surface area contributed by atoms with Gasteiger partial charge in [0.15, 0.2) is 0 Å². The maximum absolute atomic E-state index is 12.2. The number of nitrogens with one attached hydrogen (secondary N) is 1. The first-order valence-corrected chi connectivity index (χ1v) is 14.9. The Morgan fingerprint density at radius 3 is 2.40 bits per heavy atom.